The third kappa shape index (κ3) is 3.74. The fourth-order valence-corrected chi connectivity index (χ4v) is 1.08. The van der Waals surface area contributed by atoms with Crippen molar-refractivity contribution in [3.05, 3.63) is 0 Å². The lowest BCUT2D eigenvalue weighted by atomic mass is 10.1. The van der Waals surface area contributed by atoms with Crippen LogP contribution in [0.2, 0.25) is 0 Å². The largest absolute Gasteiger partial charge is 0.480 e. The number of hydrogen-bond donors (Lipinski definition) is 2. The molecule has 0 rings (SSSR count). The Morgan fingerprint density at radius 3 is 2.29 bits per heavy atom. The number of hydroxylamine groups is 2. The van der Waals surface area contributed by atoms with Gasteiger partial charge in [0.15, 0.2) is 6.04 Å². The monoisotopic (exact) mass is 203 g/mol. The fourth-order valence-electron chi connectivity index (χ4n) is 1.08. The number of nitrogens with zero attached hydrogens (tertiary/aromatic N) is 1. The number of hydrogen-bond acceptors (Lipinski definition) is 3. The number of rotatable bonds is 6. The molecule has 0 aromatic rings. The van der Waals surface area contributed by atoms with Crippen LogP contribution >= 0.6 is 0 Å². The van der Waals surface area contributed by atoms with Gasteiger partial charge in [-0.05, 0) is 6.42 Å². The summed E-state index contributed by atoms with van der Waals surface area (Å²) in [4.78, 5) is 21.7. The van der Waals surface area contributed by atoms with Crippen molar-refractivity contribution in [3.63, 3.8) is 0 Å². The molecule has 0 radical (unpaired) electrons. The average Bonchev–Trinajstić information content (AvgIpc) is 2.16. The Morgan fingerprint density at radius 2 is 1.93 bits per heavy atom. The van der Waals surface area contributed by atoms with Gasteiger partial charge < -0.3 is 5.11 Å². The Balaban J connectivity index is 4.32. The molecule has 1 unspecified atom stereocenters. The molecule has 0 heterocycles. The summed E-state index contributed by atoms with van der Waals surface area (Å²) >= 11 is 0. The van der Waals surface area contributed by atoms with E-state index in [0.29, 0.717) is 11.5 Å². The number of aliphatic carboxylic acids is 1. The maximum absolute atomic E-state index is 11.0. The molecule has 0 aliphatic rings. The van der Waals surface area contributed by atoms with E-state index in [-0.39, 0.29) is 12.8 Å². The Kier molecular flexibility index (Phi) is 5.87. The van der Waals surface area contributed by atoms with Crippen LogP contribution in [0.1, 0.15) is 39.5 Å². The molecular formula is C9H17NO4. The van der Waals surface area contributed by atoms with Crippen LogP contribution in [0.5, 0.6) is 0 Å². The second-order valence-electron chi connectivity index (χ2n) is 3.09. The van der Waals surface area contributed by atoms with Crippen molar-refractivity contribution in [1.29, 1.82) is 0 Å². The van der Waals surface area contributed by atoms with Crippen LogP contribution in [-0.4, -0.2) is 33.3 Å². The zero-order valence-electron chi connectivity index (χ0n) is 8.56. The second kappa shape index (κ2) is 6.37. The van der Waals surface area contributed by atoms with Gasteiger partial charge in [-0.1, -0.05) is 26.7 Å². The Labute approximate surface area is 83.3 Å². The third-order valence-electron chi connectivity index (χ3n) is 1.97. The van der Waals surface area contributed by atoms with Gasteiger partial charge in [-0.25, -0.2) is 9.86 Å². The van der Waals surface area contributed by atoms with Gasteiger partial charge in [0, 0.05) is 6.42 Å². The predicted molar refractivity (Wildman–Crippen MR) is 49.9 cm³/mol. The molecule has 5 nitrogen and oxygen atoms in total. The van der Waals surface area contributed by atoms with E-state index in [1.165, 1.54) is 0 Å². The van der Waals surface area contributed by atoms with E-state index < -0.39 is 17.9 Å². The minimum atomic E-state index is -1.16. The smallest absolute Gasteiger partial charge is 0.329 e. The third-order valence-corrected chi connectivity index (χ3v) is 1.97. The summed E-state index contributed by atoms with van der Waals surface area (Å²) in [7, 11) is 0. The van der Waals surface area contributed by atoms with Crippen LogP contribution in [0.3, 0.4) is 0 Å². The molecule has 82 valence electrons. The van der Waals surface area contributed by atoms with Gasteiger partial charge in [0.05, 0.1) is 0 Å². The molecule has 1 atom stereocenters. The summed E-state index contributed by atoms with van der Waals surface area (Å²) in [6.45, 7) is 3.49. The number of carboxylic acids is 1. The van der Waals surface area contributed by atoms with Crippen LogP contribution in [0, 0.1) is 0 Å². The maximum Gasteiger partial charge on any atom is 0.329 e. The predicted octanol–water partition coefficient (Wildman–Crippen LogP) is 1.26. The second-order valence-corrected chi connectivity index (χ2v) is 3.09. The maximum atomic E-state index is 11.0. The molecule has 0 fully saturated rings. The summed E-state index contributed by atoms with van der Waals surface area (Å²) in [5.41, 5.74) is 0. The Morgan fingerprint density at radius 1 is 1.36 bits per heavy atom. The first-order valence-corrected chi connectivity index (χ1v) is 4.78. The first kappa shape index (κ1) is 12.9. The van der Waals surface area contributed by atoms with Crippen molar-refractivity contribution >= 4 is 11.9 Å². The molecule has 0 aliphatic carbocycles. The van der Waals surface area contributed by atoms with Crippen LogP contribution in [-0.2, 0) is 9.59 Å². The molecular weight excluding hydrogens is 186 g/mol. The van der Waals surface area contributed by atoms with E-state index >= 15 is 0 Å². The molecule has 5 heteroatoms. The minimum absolute atomic E-state index is 0.104. The van der Waals surface area contributed by atoms with Gasteiger partial charge in [-0.3, -0.25) is 10.0 Å². The number of carbonyl (C=O) groups excluding carboxylic acids is 1. The van der Waals surface area contributed by atoms with E-state index in [9.17, 15) is 14.8 Å². The molecule has 0 aromatic heterocycles. The van der Waals surface area contributed by atoms with Crippen molar-refractivity contribution in [2.45, 2.75) is 45.6 Å². The Bertz CT molecular complexity index is 205. The van der Waals surface area contributed by atoms with Crippen LogP contribution in [0.15, 0.2) is 0 Å². The van der Waals surface area contributed by atoms with Crippen molar-refractivity contribution in [3.8, 4) is 0 Å². The van der Waals surface area contributed by atoms with E-state index in [1.54, 1.807) is 6.92 Å². The molecule has 0 spiro atoms. The van der Waals surface area contributed by atoms with Gasteiger partial charge in [-0.15, -0.1) is 0 Å². The van der Waals surface area contributed by atoms with Crippen molar-refractivity contribution in [2.24, 2.45) is 0 Å². The van der Waals surface area contributed by atoms with Crippen molar-refractivity contribution < 1.29 is 19.9 Å². The SMILES string of the molecule is CCCCC(C(=O)O)N(O)C(=O)CC. The molecule has 1 amide bonds. The van der Waals surface area contributed by atoms with Crippen molar-refractivity contribution in [1.82, 2.24) is 5.06 Å². The summed E-state index contributed by atoms with van der Waals surface area (Å²) in [6, 6.07) is -1.11. The summed E-state index contributed by atoms with van der Waals surface area (Å²) in [6.07, 6.45) is 1.89. The number of carbonyl (C=O) groups is 2. The van der Waals surface area contributed by atoms with Crippen LogP contribution < -0.4 is 0 Å². The fraction of sp³-hybridized carbons (Fsp3) is 0.778. The van der Waals surface area contributed by atoms with E-state index in [1.807, 2.05) is 6.92 Å². The molecule has 2 N–H and O–H groups in total. The quantitative estimate of drug-likeness (QED) is 0.503. The Hall–Kier alpha value is -1.10. The summed E-state index contributed by atoms with van der Waals surface area (Å²) in [5, 5.41) is 18.4. The van der Waals surface area contributed by atoms with Gasteiger partial charge in [0.25, 0.3) is 0 Å². The first-order chi connectivity index (χ1) is 6.54. The highest BCUT2D eigenvalue weighted by atomic mass is 16.5. The number of carboxylic acid groups (broad SMARTS) is 1. The lowest BCUT2D eigenvalue weighted by molar-refractivity contribution is -0.186. The molecule has 0 aliphatic heterocycles. The average molecular weight is 203 g/mol. The van der Waals surface area contributed by atoms with Crippen LogP contribution in [0.25, 0.3) is 0 Å². The van der Waals surface area contributed by atoms with E-state index in [2.05, 4.69) is 0 Å². The standard InChI is InChI=1S/C9H17NO4/c1-3-5-6-7(9(12)13)10(14)8(11)4-2/h7,14H,3-6H2,1-2H3,(H,12,13). The lowest BCUT2D eigenvalue weighted by Gasteiger charge is -2.21. The van der Waals surface area contributed by atoms with Gasteiger partial charge in [0.2, 0.25) is 5.91 Å². The van der Waals surface area contributed by atoms with E-state index in [0.717, 1.165) is 6.42 Å². The summed E-state index contributed by atoms with van der Waals surface area (Å²) in [5.74, 6) is -1.73. The van der Waals surface area contributed by atoms with Gasteiger partial charge in [-0.2, -0.15) is 0 Å². The first-order valence-electron chi connectivity index (χ1n) is 4.78. The van der Waals surface area contributed by atoms with E-state index in [4.69, 9.17) is 5.11 Å². The van der Waals surface area contributed by atoms with Crippen molar-refractivity contribution in [2.75, 3.05) is 0 Å². The van der Waals surface area contributed by atoms with Gasteiger partial charge >= 0.3 is 5.97 Å². The zero-order valence-corrected chi connectivity index (χ0v) is 8.56. The molecule has 0 aromatic carbocycles. The number of amides is 1. The topological polar surface area (TPSA) is 77.8 Å². The zero-order chi connectivity index (χ0) is 11.1. The summed E-state index contributed by atoms with van der Waals surface area (Å²) < 4.78 is 0. The highest BCUT2D eigenvalue weighted by molar-refractivity contribution is 5.82. The van der Waals surface area contributed by atoms with Crippen LogP contribution in [0.4, 0.5) is 0 Å². The highest BCUT2D eigenvalue weighted by Gasteiger charge is 2.26. The lowest BCUT2D eigenvalue weighted by Crippen LogP contribution is -2.42. The number of unbranched alkanes of at least 4 members (excludes halogenated alkanes) is 1. The molecule has 0 saturated carbocycles. The highest BCUT2D eigenvalue weighted by Crippen LogP contribution is 2.08. The molecule has 14 heavy (non-hydrogen) atoms. The minimum Gasteiger partial charge on any atom is -0.480 e. The van der Waals surface area contributed by atoms with Gasteiger partial charge in [0.1, 0.15) is 0 Å². The molecule has 0 bridgehead atoms. The normalized spacial score (nSPS) is 12.2. The molecule has 0 saturated heterocycles.